The van der Waals surface area contributed by atoms with Gasteiger partial charge in [0.15, 0.2) is 5.96 Å². The summed E-state index contributed by atoms with van der Waals surface area (Å²) in [6, 6.07) is 6.47. The first-order chi connectivity index (χ1) is 8.78. The molecule has 0 unspecified atom stereocenters. The number of hydrogen-bond donors (Lipinski definition) is 2. The highest BCUT2D eigenvalue weighted by Crippen LogP contribution is 2.27. The highest BCUT2D eigenvalue weighted by atomic mass is 127. The average Bonchev–Trinajstić information content (AvgIpc) is 3.19. The zero-order chi connectivity index (χ0) is 12.8. The molecule has 3 nitrogen and oxygen atoms in total. The molecule has 0 aliphatic heterocycles. The van der Waals surface area contributed by atoms with Crippen LogP contribution in [0.3, 0.4) is 0 Å². The maximum Gasteiger partial charge on any atom is 0.191 e. The molecule has 0 aromatic heterocycles. The SMILES string of the molecule is CCNC(=NCc1ccc(F)cc1)NCC1CC1.I. The van der Waals surface area contributed by atoms with E-state index >= 15 is 0 Å². The molecule has 1 aliphatic rings. The second kappa shape index (κ2) is 8.35. The maximum absolute atomic E-state index is 12.8. The Morgan fingerprint density at radius 1 is 1.26 bits per heavy atom. The molecular weight excluding hydrogens is 356 g/mol. The van der Waals surface area contributed by atoms with Crippen molar-refractivity contribution in [2.45, 2.75) is 26.3 Å². The molecule has 2 rings (SSSR count). The van der Waals surface area contributed by atoms with Crippen LogP contribution in [0.15, 0.2) is 29.3 Å². The van der Waals surface area contributed by atoms with E-state index in [0.717, 1.165) is 30.5 Å². The molecule has 1 aromatic carbocycles. The first-order valence-corrected chi connectivity index (χ1v) is 6.54. The van der Waals surface area contributed by atoms with Crippen molar-refractivity contribution < 1.29 is 4.39 Å². The van der Waals surface area contributed by atoms with E-state index in [1.165, 1.54) is 25.0 Å². The fraction of sp³-hybridized carbons (Fsp3) is 0.500. The van der Waals surface area contributed by atoms with Crippen LogP contribution in [0.1, 0.15) is 25.3 Å². The van der Waals surface area contributed by atoms with Gasteiger partial charge in [0.1, 0.15) is 5.82 Å². The van der Waals surface area contributed by atoms with Gasteiger partial charge in [0.05, 0.1) is 6.54 Å². The van der Waals surface area contributed by atoms with Crippen molar-refractivity contribution in [2.24, 2.45) is 10.9 Å². The molecule has 106 valence electrons. The zero-order valence-electron chi connectivity index (χ0n) is 11.2. The minimum Gasteiger partial charge on any atom is -0.357 e. The number of hydrogen-bond acceptors (Lipinski definition) is 1. The predicted octanol–water partition coefficient (Wildman–Crippen LogP) is 2.91. The third kappa shape index (κ3) is 6.22. The van der Waals surface area contributed by atoms with Crippen molar-refractivity contribution in [2.75, 3.05) is 13.1 Å². The Hall–Kier alpha value is -0.850. The molecule has 0 heterocycles. The van der Waals surface area contributed by atoms with Gasteiger partial charge in [0.2, 0.25) is 0 Å². The number of benzene rings is 1. The summed E-state index contributed by atoms with van der Waals surface area (Å²) < 4.78 is 12.8. The van der Waals surface area contributed by atoms with Gasteiger partial charge >= 0.3 is 0 Å². The Balaban J connectivity index is 0.00000180. The lowest BCUT2D eigenvalue weighted by Gasteiger charge is -2.10. The molecule has 0 amide bonds. The van der Waals surface area contributed by atoms with Crippen LogP contribution in [0.2, 0.25) is 0 Å². The lowest BCUT2D eigenvalue weighted by Crippen LogP contribution is -2.38. The summed E-state index contributed by atoms with van der Waals surface area (Å²) in [5.41, 5.74) is 1.01. The van der Waals surface area contributed by atoms with E-state index in [0.29, 0.717) is 6.54 Å². The number of guanidine groups is 1. The zero-order valence-corrected chi connectivity index (χ0v) is 13.5. The normalized spacial score (nSPS) is 14.7. The molecule has 0 atom stereocenters. The van der Waals surface area contributed by atoms with Crippen LogP contribution in [-0.2, 0) is 6.54 Å². The summed E-state index contributed by atoms with van der Waals surface area (Å²) in [5, 5.41) is 6.54. The number of nitrogens with zero attached hydrogens (tertiary/aromatic N) is 1. The van der Waals surface area contributed by atoms with E-state index in [1.807, 2.05) is 6.92 Å². The van der Waals surface area contributed by atoms with Crippen molar-refractivity contribution in [3.63, 3.8) is 0 Å². The summed E-state index contributed by atoms with van der Waals surface area (Å²) >= 11 is 0. The molecule has 19 heavy (non-hydrogen) atoms. The van der Waals surface area contributed by atoms with Gasteiger partial charge in [-0.05, 0) is 43.4 Å². The molecule has 0 bridgehead atoms. The van der Waals surface area contributed by atoms with Gasteiger partial charge in [-0.2, -0.15) is 0 Å². The molecule has 1 aliphatic carbocycles. The fourth-order valence-corrected chi connectivity index (χ4v) is 1.66. The van der Waals surface area contributed by atoms with Crippen molar-refractivity contribution >= 4 is 29.9 Å². The van der Waals surface area contributed by atoms with E-state index in [1.54, 1.807) is 12.1 Å². The quantitative estimate of drug-likeness (QED) is 0.470. The largest absolute Gasteiger partial charge is 0.357 e. The first-order valence-electron chi connectivity index (χ1n) is 6.54. The highest BCUT2D eigenvalue weighted by molar-refractivity contribution is 14.0. The van der Waals surface area contributed by atoms with E-state index in [2.05, 4.69) is 15.6 Å². The summed E-state index contributed by atoms with van der Waals surface area (Å²) in [4.78, 5) is 4.49. The summed E-state index contributed by atoms with van der Waals surface area (Å²) in [6.07, 6.45) is 2.65. The van der Waals surface area contributed by atoms with E-state index in [9.17, 15) is 4.39 Å². The Kier molecular flexibility index (Phi) is 7.12. The average molecular weight is 377 g/mol. The van der Waals surface area contributed by atoms with Crippen LogP contribution in [0.4, 0.5) is 4.39 Å². The van der Waals surface area contributed by atoms with Gasteiger partial charge in [-0.3, -0.25) is 0 Å². The molecule has 0 spiro atoms. The van der Waals surface area contributed by atoms with Crippen LogP contribution >= 0.6 is 24.0 Å². The lowest BCUT2D eigenvalue weighted by molar-refractivity contribution is 0.627. The van der Waals surface area contributed by atoms with Crippen LogP contribution in [0, 0.1) is 11.7 Å². The van der Waals surface area contributed by atoms with Gasteiger partial charge in [-0.15, -0.1) is 24.0 Å². The van der Waals surface area contributed by atoms with Crippen LogP contribution in [0.5, 0.6) is 0 Å². The van der Waals surface area contributed by atoms with Gasteiger partial charge < -0.3 is 10.6 Å². The van der Waals surface area contributed by atoms with Gasteiger partial charge in [0.25, 0.3) is 0 Å². The molecule has 0 radical (unpaired) electrons. The molecule has 1 aromatic rings. The summed E-state index contributed by atoms with van der Waals surface area (Å²) in [7, 11) is 0. The number of nitrogens with one attached hydrogen (secondary N) is 2. The third-order valence-electron chi connectivity index (χ3n) is 2.93. The van der Waals surface area contributed by atoms with Crippen LogP contribution in [-0.4, -0.2) is 19.0 Å². The Labute approximate surface area is 131 Å². The van der Waals surface area contributed by atoms with Crippen LogP contribution < -0.4 is 10.6 Å². The lowest BCUT2D eigenvalue weighted by atomic mass is 10.2. The van der Waals surface area contributed by atoms with E-state index in [4.69, 9.17) is 0 Å². The van der Waals surface area contributed by atoms with E-state index < -0.39 is 0 Å². The minimum atomic E-state index is -0.207. The third-order valence-corrected chi connectivity index (χ3v) is 2.93. The number of rotatable bonds is 5. The van der Waals surface area contributed by atoms with E-state index in [-0.39, 0.29) is 29.8 Å². The second-order valence-electron chi connectivity index (χ2n) is 4.65. The Morgan fingerprint density at radius 2 is 1.95 bits per heavy atom. The first kappa shape index (κ1) is 16.2. The molecule has 2 N–H and O–H groups in total. The van der Waals surface area contributed by atoms with Crippen molar-refractivity contribution in [1.29, 1.82) is 0 Å². The maximum atomic E-state index is 12.8. The molecule has 0 saturated heterocycles. The van der Waals surface area contributed by atoms with Gasteiger partial charge in [-0.1, -0.05) is 12.1 Å². The highest BCUT2D eigenvalue weighted by Gasteiger charge is 2.20. The van der Waals surface area contributed by atoms with Gasteiger partial charge in [0, 0.05) is 13.1 Å². The Morgan fingerprint density at radius 3 is 2.53 bits per heavy atom. The minimum absolute atomic E-state index is 0. The predicted molar refractivity (Wildman–Crippen MR) is 87.4 cm³/mol. The van der Waals surface area contributed by atoms with Gasteiger partial charge in [-0.25, -0.2) is 9.38 Å². The standard InChI is InChI=1S/C14H20FN3.HI/c1-2-16-14(17-9-11-3-4-11)18-10-12-5-7-13(15)8-6-12;/h5-8,11H,2-4,9-10H2,1H3,(H2,16,17,18);1H. The fourth-order valence-electron chi connectivity index (χ4n) is 1.66. The summed E-state index contributed by atoms with van der Waals surface area (Å²) in [6.45, 7) is 4.46. The van der Waals surface area contributed by atoms with Crippen LogP contribution in [0.25, 0.3) is 0 Å². The second-order valence-corrected chi connectivity index (χ2v) is 4.65. The Bertz CT molecular complexity index is 402. The monoisotopic (exact) mass is 377 g/mol. The van der Waals surface area contributed by atoms with Crippen molar-refractivity contribution in [1.82, 2.24) is 10.6 Å². The molecule has 5 heteroatoms. The summed E-state index contributed by atoms with van der Waals surface area (Å²) in [5.74, 6) is 1.45. The topological polar surface area (TPSA) is 36.4 Å². The van der Waals surface area contributed by atoms with Crippen molar-refractivity contribution in [3.8, 4) is 0 Å². The molecule has 1 saturated carbocycles. The number of halogens is 2. The molecule has 1 fully saturated rings. The van der Waals surface area contributed by atoms with Crippen molar-refractivity contribution in [3.05, 3.63) is 35.6 Å². The smallest absolute Gasteiger partial charge is 0.191 e. The number of aliphatic imine (C=N–C) groups is 1. The molecular formula is C14H21FIN3.